The Bertz CT molecular complexity index is 356. The van der Waals surface area contributed by atoms with Crippen LogP contribution in [0.25, 0.3) is 0 Å². The molecular weight excluding hydrogens is 207 g/mol. The Kier molecular flexibility index (Phi) is 3.50. The average Bonchev–Trinajstić information content (AvgIpc) is 2.30. The predicted molar refractivity (Wildman–Crippen MR) is 61.7 cm³/mol. The van der Waals surface area contributed by atoms with Crippen LogP contribution in [0.15, 0.2) is 24.3 Å². The van der Waals surface area contributed by atoms with Crippen molar-refractivity contribution in [2.75, 3.05) is 0 Å². The molecule has 2 rings (SSSR count). The minimum atomic E-state index is -2.19. The van der Waals surface area contributed by atoms with Crippen LogP contribution < -0.4 is 5.30 Å². The third-order valence-corrected chi connectivity index (χ3v) is 4.01. The topological polar surface area (TPSA) is 37.3 Å². The Balaban J connectivity index is 2.29. The van der Waals surface area contributed by atoms with Crippen molar-refractivity contribution in [1.82, 2.24) is 0 Å². The molecule has 1 aliphatic rings. The van der Waals surface area contributed by atoms with Crippen molar-refractivity contribution < 1.29 is 9.46 Å². The minimum Gasteiger partial charge on any atom is -0.156 e. The molecule has 0 aliphatic heterocycles. The predicted octanol–water partition coefficient (Wildman–Crippen LogP) is 3.09. The molecule has 1 aromatic rings. The molecule has 80 valence electrons. The first-order valence-corrected chi connectivity index (χ1v) is 6.75. The van der Waals surface area contributed by atoms with Gasteiger partial charge >= 0.3 is 8.03 Å². The molecule has 1 fully saturated rings. The second-order valence-corrected chi connectivity index (χ2v) is 5.19. The molecule has 1 atom stereocenters. The molecule has 1 saturated carbocycles. The molecule has 1 aromatic carbocycles. The standard InChI is InChI=1S/C12H15O2P/c13-15(14)12-9-5-4-8-11(12)10-6-2-1-3-7-10/h4-5,8-10H,1-3,6-7H2/p+1. The van der Waals surface area contributed by atoms with Gasteiger partial charge in [0.25, 0.3) is 0 Å². The lowest BCUT2D eigenvalue weighted by Gasteiger charge is -2.21. The first-order valence-electron chi connectivity index (χ1n) is 5.54. The number of hydrogen-bond acceptors (Lipinski definition) is 1. The molecule has 0 radical (unpaired) electrons. The van der Waals surface area contributed by atoms with Crippen molar-refractivity contribution in [2.45, 2.75) is 38.0 Å². The van der Waals surface area contributed by atoms with Gasteiger partial charge in [-0.2, -0.15) is 4.89 Å². The Labute approximate surface area is 91.2 Å². The molecular formula is C12H16O2P+. The summed E-state index contributed by atoms with van der Waals surface area (Å²) in [6.45, 7) is 0. The van der Waals surface area contributed by atoms with E-state index in [1.807, 2.05) is 18.2 Å². The minimum absolute atomic E-state index is 0.501. The Morgan fingerprint density at radius 1 is 1.13 bits per heavy atom. The van der Waals surface area contributed by atoms with Gasteiger partial charge < -0.3 is 0 Å². The summed E-state index contributed by atoms with van der Waals surface area (Å²) in [5.74, 6) is 0.501. The Morgan fingerprint density at radius 2 is 1.80 bits per heavy atom. The van der Waals surface area contributed by atoms with Crippen molar-refractivity contribution in [3.8, 4) is 0 Å². The van der Waals surface area contributed by atoms with Crippen LogP contribution in [0.3, 0.4) is 0 Å². The average molecular weight is 223 g/mol. The van der Waals surface area contributed by atoms with Gasteiger partial charge in [0, 0.05) is 5.56 Å². The smallest absolute Gasteiger partial charge is 0.156 e. The maximum Gasteiger partial charge on any atom is 0.546 e. The van der Waals surface area contributed by atoms with E-state index in [0.29, 0.717) is 11.2 Å². The fourth-order valence-electron chi connectivity index (χ4n) is 2.42. The lowest BCUT2D eigenvalue weighted by Crippen LogP contribution is -2.13. The second-order valence-electron chi connectivity index (χ2n) is 4.17. The number of hydrogen-bond donors (Lipinski definition) is 1. The SMILES string of the molecule is O=[P+](O)c1ccccc1C1CCCCC1. The molecule has 3 heteroatoms. The van der Waals surface area contributed by atoms with Crippen LogP contribution in [0.5, 0.6) is 0 Å². The molecule has 15 heavy (non-hydrogen) atoms. The van der Waals surface area contributed by atoms with Crippen LogP contribution >= 0.6 is 8.03 Å². The lowest BCUT2D eigenvalue weighted by atomic mass is 9.84. The summed E-state index contributed by atoms with van der Waals surface area (Å²) >= 11 is 0. The van der Waals surface area contributed by atoms with Gasteiger partial charge in [-0.3, -0.25) is 0 Å². The number of benzene rings is 1. The molecule has 2 nitrogen and oxygen atoms in total. The van der Waals surface area contributed by atoms with Gasteiger partial charge in [-0.25, -0.2) is 0 Å². The Hall–Kier alpha value is -0.720. The lowest BCUT2D eigenvalue weighted by molar-refractivity contribution is 0.444. The van der Waals surface area contributed by atoms with Crippen molar-refractivity contribution in [3.05, 3.63) is 29.8 Å². The van der Waals surface area contributed by atoms with Crippen LogP contribution in [-0.4, -0.2) is 4.89 Å². The molecule has 1 aliphatic carbocycles. The maximum absolute atomic E-state index is 11.2. The van der Waals surface area contributed by atoms with E-state index >= 15 is 0 Å². The molecule has 0 amide bonds. The van der Waals surface area contributed by atoms with Crippen LogP contribution in [0.1, 0.15) is 43.6 Å². The van der Waals surface area contributed by atoms with Gasteiger partial charge in [0.15, 0.2) is 0 Å². The first-order chi connectivity index (χ1) is 7.29. The van der Waals surface area contributed by atoms with E-state index in [4.69, 9.17) is 0 Å². The summed E-state index contributed by atoms with van der Waals surface area (Å²) in [4.78, 5) is 9.24. The maximum atomic E-state index is 11.2. The zero-order valence-corrected chi connectivity index (χ0v) is 9.62. The van der Waals surface area contributed by atoms with Gasteiger partial charge in [-0.1, -0.05) is 37.5 Å². The van der Waals surface area contributed by atoms with Crippen LogP contribution in [-0.2, 0) is 4.57 Å². The van der Waals surface area contributed by atoms with Gasteiger partial charge in [0.1, 0.15) is 0 Å². The summed E-state index contributed by atoms with van der Waals surface area (Å²) in [5.41, 5.74) is 1.10. The summed E-state index contributed by atoms with van der Waals surface area (Å²) in [6.07, 6.45) is 6.15. The third kappa shape index (κ3) is 2.45. The van der Waals surface area contributed by atoms with Gasteiger partial charge in [0.05, 0.1) is 0 Å². The zero-order valence-electron chi connectivity index (χ0n) is 8.72. The van der Waals surface area contributed by atoms with E-state index < -0.39 is 8.03 Å². The fourth-order valence-corrected chi connectivity index (χ4v) is 3.11. The molecule has 0 bridgehead atoms. The highest BCUT2D eigenvalue weighted by Crippen LogP contribution is 2.34. The van der Waals surface area contributed by atoms with Crippen molar-refractivity contribution in [3.63, 3.8) is 0 Å². The van der Waals surface area contributed by atoms with Crippen LogP contribution in [0.4, 0.5) is 0 Å². The van der Waals surface area contributed by atoms with E-state index in [-0.39, 0.29) is 0 Å². The normalized spacial score (nSPS) is 18.9. The monoisotopic (exact) mass is 223 g/mol. The van der Waals surface area contributed by atoms with Gasteiger partial charge in [-0.15, -0.1) is 0 Å². The van der Waals surface area contributed by atoms with Crippen molar-refractivity contribution in [1.29, 1.82) is 0 Å². The Morgan fingerprint density at radius 3 is 2.47 bits per heavy atom. The van der Waals surface area contributed by atoms with Gasteiger partial charge in [-0.05, 0) is 29.4 Å². The quantitative estimate of drug-likeness (QED) is 0.782. The molecule has 0 saturated heterocycles. The third-order valence-electron chi connectivity index (χ3n) is 3.19. The van der Waals surface area contributed by atoms with Crippen LogP contribution in [0, 0.1) is 0 Å². The highest BCUT2D eigenvalue weighted by molar-refractivity contribution is 7.47. The highest BCUT2D eigenvalue weighted by atomic mass is 31.1. The van der Waals surface area contributed by atoms with E-state index in [1.165, 1.54) is 32.1 Å². The summed E-state index contributed by atoms with van der Waals surface area (Å²) in [6, 6.07) is 7.59. The summed E-state index contributed by atoms with van der Waals surface area (Å²) in [5, 5.41) is 0.638. The van der Waals surface area contributed by atoms with E-state index in [2.05, 4.69) is 0 Å². The van der Waals surface area contributed by atoms with Crippen molar-refractivity contribution in [2.24, 2.45) is 0 Å². The van der Waals surface area contributed by atoms with E-state index in [0.717, 1.165) is 5.56 Å². The molecule has 0 aromatic heterocycles. The molecule has 1 unspecified atom stereocenters. The van der Waals surface area contributed by atoms with Crippen LogP contribution in [0.2, 0.25) is 0 Å². The molecule has 0 spiro atoms. The fraction of sp³-hybridized carbons (Fsp3) is 0.500. The highest BCUT2D eigenvalue weighted by Gasteiger charge is 2.26. The largest absolute Gasteiger partial charge is 0.546 e. The second kappa shape index (κ2) is 4.87. The van der Waals surface area contributed by atoms with E-state index in [1.54, 1.807) is 6.07 Å². The zero-order chi connectivity index (χ0) is 10.7. The van der Waals surface area contributed by atoms with Gasteiger partial charge in [0.2, 0.25) is 5.30 Å². The van der Waals surface area contributed by atoms with Crippen molar-refractivity contribution >= 4 is 13.3 Å². The number of rotatable bonds is 2. The summed E-state index contributed by atoms with van der Waals surface area (Å²) < 4.78 is 11.2. The van der Waals surface area contributed by atoms with E-state index in [9.17, 15) is 9.46 Å². The molecule has 1 N–H and O–H groups in total. The molecule has 0 heterocycles. The first kappa shape index (κ1) is 10.8. The summed E-state index contributed by atoms with van der Waals surface area (Å²) in [7, 11) is -2.19.